The zero-order valence-corrected chi connectivity index (χ0v) is 12.0. The van der Waals surface area contributed by atoms with Gasteiger partial charge in [-0.3, -0.25) is 4.90 Å². The van der Waals surface area contributed by atoms with Gasteiger partial charge in [-0.1, -0.05) is 48.5 Å². The van der Waals surface area contributed by atoms with E-state index in [2.05, 4.69) is 17.0 Å². The van der Waals surface area contributed by atoms with Crippen molar-refractivity contribution < 1.29 is 10.2 Å². The van der Waals surface area contributed by atoms with Crippen LogP contribution in [-0.4, -0.2) is 34.3 Å². The smallest absolute Gasteiger partial charge is 0.119 e. The predicted octanol–water partition coefficient (Wildman–Crippen LogP) is 2.74. The number of para-hydroxylation sites is 1. The number of hydrogen-bond acceptors (Lipinski definition) is 3. The first kappa shape index (κ1) is 14.1. The molecule has 1 aliphatic heterocycles. The number of aliphatic hydroxyl groups excluding tert-OH is 1. The summed E-state index contributed by atoms with van der Waals surface area (Å²) in [5.74, 6) is 0.316. The Bertz CT molecular complexity index is 585. The van der Waals surface area contributed by atoms with E-state index in [4.69, 9.17) is 0 Å². The third kappa shape index (κ3) is 3.26. The van der Waals surface area contributed by atoms with Gasteiger partial charge in [0.25, 0.3) is 0 Å². The van der Waals surface area contributed by atoms with Crippen LogP contribution < -0.4 is 0 Å². The highest BCUT2D eigenvalue weighted by Gasteiger charge is 2.30. The van der Waals surface area contributed by atoms with Crippen molar-refractivity contribution in [3.63, 3.8) is 0 Å². The lowest BCUT2D eigenvalue weighted by Crippen LogP contribution is -2.42. The number of phenolic OH excluding ortho intramolecular Hbond substituents is 1. The lowest BCUT2D eigenvalue weighted by molar-refractivity contribution is 0.0469. The van der Waals surface area contributed by atoms with Crippen LogP contribution in [0.1, 0.15) is 23.5 Å². The Morgan fingerprint density at radius 1 is 1.00 bits per heavy atom. The highest BCUT2D eigenvalue weighted by Crippen LogP contribution is 2.34. The zero-order valence-electron chi connectivity index (χ0n) is 12.0. The molecule has 1 fully saturated rings. The average molecular weight is 283 g/mol. The molecule has 110 valence electrons. The molecule has 3 nitrogen and oxygen atoms in total. The van der Waals surface area contributed by atoms with Gasteiger partial charge in [0.2, 0.25) is 0 Å². The van der Waals surface area contributed by atoms with E-state index in [0.717, 1.165) is 25.1 Å². The number of aliphatic hydroxyl groups is 1. The van der Waals surface area contributed by atoms with Crippen LogP contribution in [0, 0.1) is 0 Å². The molecule has 0 saturated carbocycles. The van der Waals surface area contributed by atoms with Gasteiger partial charge in [0.05, 0.1) is 6.10 Å². The zero-order chi connectivity index (χ0) is 14.7. The SMILES string of the molecule is Oc1ccccc1C1CCN(Cc2ccccc2)CC1O. The predicted molar refractivity (Wildman–Crippen MR) is 83.2 cm³/mol. The summed E-state index contributed by atoms with van der Waals surface area (Å²) in [5.41, 5.74) is 2.13. The Labute approximate surface area is 125 Å². The van der Waals surface area contributed by atoms with Crippen LogP contribution >= 0.6 is 0 Å². The van der Waals surface area contributed by atoms with E-state index >= 15 is 0 Å². The number of hydrogen-bond donors (Lipinski definition) is 2. The van der Waals surface area contributed by atoms with Crippen LogP contribution in [0.5, 0.6) is 5.75 Å². The molecule has 1 heterocycles. The summed E-state index contributed by atoms with van der Waals surface area (Å²) in [5, 5.41) is 20.4. The molecule has 2 aromatic carbocycles. The van der Waals surface area contributed by atoms with Crippen molar-refractivity contribution in [3.05, 3.63) is 65.7 Å². The molecule has 2 atom stereocenters. The lowest BCUT2D eigenvalue weighted by atomic mass is 9.86. The number of phenols is 1. The molecule has 3 rings (SSSR count). The Kier molecular flexibility index (Phi) is 4.23. The fourth-order valence-electron chi connectivity index (χ4n) is 3.15. The van der Waals surface area contributed by atoms with Crippen LogP contribution in [0.2, 0.25) is 0 Å². The van der Waals surface area contributed by atoms with Gasteiger partial charge in [0.15, 0.2) is 0 Å². The number of rotatable bonds is 3. The summed E-state index contributed by atoms with van der Waals surface area (Å²) in [6, 6.07) is 17.7. The summed E-state index contributed by atoms with van der Waals surface area (Å²) in [4.78, 5) is 2.27. The van der Waals surface area contributed by atoms with Crippen LogP contribution in [-0.2, 0) is 6.54 Å². The molecule has 1 aliphatic rings. The molecule has 0 amide bonds. The second-order valence-corrected chi connectivity index (χ2v) is 5.74. The maximum absolute atomic E-state index is 10.4. The Morgan fingerprint density at radius 2 is 1.71 bits per heavy atom. The summed E-state index contributed by atoms with van der Waals surface area (Å²) in [6.07, 6.45) is 0.432. The van der Waals surface area contributed by atoms with Crippen LogP contribution in [0.15, 0.2) is 54.6 Å². The molecule has 21 heavy (non-hydrogen) atoms. The number of piperidine rings is 1. The quantitative estimate of drug-likeness (QED) is 0.910. The third-order valence-corrected chi connectivity index (χ3v) is 4.25. The molecule has 0 spiro atoms. The van der Waals surface area contributed by atoms with Gasteiger partial charge in [-0.05, 0) is 30.2 Å². The number of nitrogens with zero attached hydrogens (tertiary/aromatic N) is 1. The standard InChI is InChI=1S/C18H21NO2/c20-17-9-5-4-8-15(17)16-10-11-19(13-18(16)21)12-14-6-2-1-3-7-14/h1-9,16,18,20-21H,10-13H2. The van der Waals surface area contributed by atoms with E-state index in [0.29, 0.717) is 6.54 Å². The maximum Gasteiger partial charge on any atom is 0.119 e. The van der Waals surface area contributed by atoms with Crippen molar-refractivity contribution >= 4 is 0 Å². The van der Waals surface area contributed by atoms with E-state index < -0.39 is 6.10 Å². The van der Waals surface area contributed by atoms with Gasteiger partial charge < -0.3 is 10.2 Å². The first-order chi connectivity index (χ1) is 10.2. The molecule has 2 unspecified atom stereocenters. The second kappa shape index (κ2) is 6.29. The second-order valence-electron chi connectivity index (χ2n) is 5.74. The fourth-order valence-corrected chi connectivity index (χ4v) is 3.15. The average Bonchev–Trinajstić information content (AvgIpc) is 2.50. The number of β-amino-alcohol motifs (C(OH)–C–C–N with tert-alkyl or cyclic N) is 1. The first-order valence-corrected chi connectivity index (χ1v) is 7.46. The van der Waals surface area contributed by atoms with Crippen molar-refractivity contribution in [2.75, 3.05) is 13.1 Å². The maximum atomic E-state index is 10.4. The Hall–Kier alpha value is -1.84. The first-order valence-electron chi connectivity index (χ1n) is 7.46. The summed E-state index contributed by atoms with van der Waals surface area (Å²) in [6.45, 7) is 2.45. The van der Waals surface area contributed by atoms with Crippen molar-refractivity contribution in [2.45, 2.75) is 25.0 Å². The number of likely N-dealkylation sites (tertiary alicyclic amines) is 1. The minimum atomic E-state index is -0.434. The summed E-state index contributed by atoms with van der Waals surface area (Å²) in [7, 11) is 0. The highest BCUT2D eigenvalue weighted by molar-refractivity contribution is 5.36. The largest absolute Gasteiger partial charge is 0.508 e. The number of aromatic hydroxyl groups is 1. The fraction of sp³-hybridized carbons (Fsp3) is 0.333. The molecular formula is C18H21NO2. The Balaban J connectivity index is 1.66. The van der Waals surface area contributed by atoms with Crippen molar-refractivity contribution in [3.8, 4) is 5.75 Å². The molecule has 0 aromatic heterocycles. The van der Waals surface area contributed by atoms with Gasteiger partial charge in [-0.25, -0.2) is 0 Å². The molecule has 2 N–H and O–H groups in total. The molecule has 3 heteroatoms. The van der Waals surface area contributed by atoms with E-state index in [1.807, 2.05) is 36.4 Å². The monoisotopic (exact) mass is 283 g/mol. The summed E-state index contributed by atoms with van der Waals surface area (Å²) >= 11 is 0. The van der Waals surface area contributed by atoms with E-state index in [-0.39, 0.29) is 11.7 Å². The van der Waals surface area contributed by atoms with E-state index in [9.17, 15) is 10.2 Å². The van der Waals surface area contributed by atoms with E-state index in [1.54, 1.807) is 6.07 Å². The van der Waals surface area contributed by atoms with Crippen molar-refractivity contribution in [1.29, 1.82) is 0 Å². The molecule has 2 aromatic rings. The number of benzene rings is 2. The van der Waals surface area contributed by atoms with Gasteiger partial charge in [-0.2, -0.15) is 0 Å². The third-order valence-electron chi connectivity index (χ3n) is 4.25. The van der Waals surface area contributed by atoms with Crippen LogP contribution in [0.25, 0.3) is 0 Å². The van der Waals surface area contributed by atoms with E-state index in [1.165, 1.54) is 5.56 Å². The molecular weight excluding hydrogens is 262 g/mol. The summed E-state index contributed by atoms with van der Waals surface area (Å²) < 4.78 is 0. The Morgan fingerprint density at radius 3 is 2.43 bits per heavy atom. The molecule has 0 bridgehead atoms. The van der Waals surface area contributed by atoms with Crippen LogP contribution in [0.4, 0.5) is 0 Å². The topological polar surface area (TPSA) is 43.7 Å². The minimum absolute atomic E-state index is 0.0261. The minimum Gasteiger partial charge on any atom is -0.508 e. The van der Waals surface area contributed by atoms with Gasteiger partial charge in [0.1, 0.15) is 5.75 Å². The highest BCUT2D eigenvalue weighted by atomic mass is 16.3. The lowest BCUT2D eigenvalue weighted by Gasteiger charge is -2.36. The van der Waals surface area contributed by atoms with Gasteiger partial charge >= 0.3 is 0 Å². The van der Waals surface area contributed by atoms with Gasteiger partial charge in [0, 0.05) is 19.0 Å². The molecule has 0 aliphatic carbocycles. The van der Waals surface area contributed by atoms with Crippen molar-refractivity contribution in [2.24, 2.45) is 0 Å². The molecule has 0 radical (unpaired) electrons. The normalized spacial score (nSPS) is 23.1. The van der Waals surface area contributed by atoms with Gasteiger partial charge in [-0.15, -0.1) is 0 Å². The van der Waals surface area contributed by atoms with Crippen molar-refractivity contribution in [1.82, 2.24) is 4.90 Å². The molecule has 1 saturated heterocycles. The van der Waals surface area contributed by atoms with Crippen LogP contribution in [0.3, 0.4) is 0 Å².